The lowest BCUT2D eigenvalue weighted by Gasteiger charge is -2.56. The summed E-state index contributed by atoms with van der Waals surface area (Å²) in [5, 5.41) is 13.6. The minimum atomic E-state index is -1.01. The number of aromatic carboxylic acids is 1. The van der Waals surface area contributed by atoms with Gasteiger partial charge in [-0.05, 0) is 104 Å². The number of carboxylic acids is 1. The van der Waals surface area contributed by atoms with Crippen LogP contribution in [0.1, 0.15) is 64.8 Å². The molecule has 6 nitrogen and oxygen atoms in total. The molecule has 0 aliphatic heterocycles. The number of carboxylic acid groups (broad SMARTS) is 1. The Hall–Kier alpha value is -3.28. The summed E-state index contributed by atoms with van der Waals surface area (Å²) >= 11 is 0. The van der Waals surface area contributed by atoms with E-state index in [0.29, 0.717) is 23.3 Å². The second kappa shape index (κ2) is 8.43. The molecule has 0 saturated heterocycles. The van der Waals surface area contributed by atoms with Crippen molar-refractivity contribution in [2.45, 2.75) is 45.1 Å². The highest BCUT2D eigenvalue weighted by Gasteiger charge is 2.50. The number of hydrogen-bond acceptors (Lipinski definition) is 3. The number of methoxy groups -OCH3 is 1. The average molecular weight is 473 g/mol. The fourth-order valence-corrected chi connectivity index (χ4v) is 7.56. The third-order valence-corrected chi connectivity index (χ3v) is 8.67. The van der Waals surface area contributed by atoms with E-state index in [1.54, 1.807) is 12.1 Å². The minimum Gasteiger partial charge on any atom is -0.496 e. The quantitative estimate of drug-likeness (QED) is 0.486. The molecular weight excluding hydrogens is 440 g/mol. The van der Waals surface area contributed by atoms with E-state index in [1.165, 1.54) is 45.6 Å². The molecule has 1 aromatic heterocycles. The zero-order chi connectivity index (χ0) is 24.2. The van der Waals surface area contributed by atoms with Gasteiger partial charge >= 0.3 is 5.97 Å². The SMILES string of the molecule is COc1cc(Cn2ccc3cc(C(=O)NCC45CC6CC(CC(C6)C4)C5)ccc32)ccc1C(=O)O. The zero-order valence-electron chi connectivity index (χ0n) is 20.1. The van der Waals surface area contributed by atoms with Crippen molar-refractivity contribution in [1.29, 1.82) is 0 Å². The highest BCUT2D eigenvalue weighted by Crippen LogP contribution is 2.59. The Kier molecular flexibility index (Phi) is 5.35. The summed E-state index contributed by atoms with van der Waals surface area (Å²) < 4.78 is 7.36. The van der Waals surface area contributed by atoms with E-state index in [9.17, 15) is 14.7 Å². The van der Waals surface area contributed by atoms with Gasteiger partial charge in [0.15, 0.2) is 0 Å². The largest absolute Gasteiger partial charge is 0.496 e. The first kappa shape index (κ1) is 22.2. The summed E-state index contributed by atoms with van der Waals surface area (Å²) in [7, 11) is 1.48. The maximum atomic E-state index is 13.1. The predicted molar refractivity (Wildman–Crippen MR) is 134 cm³/mol. The Bertz CT molecular complexity index is 1270. The van der Waals surface area contributed by atoms with Crippen molar-refractivity contribution in [2.75, 3.05) is 13.7 Å². The Balaban J connectivity index is 1.15. The second-order valence-corrected chi connectivity index (χ2v) is 11.2. The highest BCUT2D eigenvalue weighted by molar-refractivity contribution is 5.98. The number of rotatable bonds is 7. The Morgan fingerprint density at radius 3 is 2.40 bits per heavy atom. The number of amides is 1. The number of fused-ring (bicyclic) bond motifs is 1. The third kappa shape index (κ3) is 4.09. The van der Waals surface area contributed by atoms with Crippen molar-refractivity contribution in [3.8, 4) is 5.75 Å². The molecule has 0 spiro atoms. The van der Waals surface area contributed by atoms with Crippen LogP contribution in [-0.2, 0) is 6.54 Å². The Morgan fingerprint density at radius 1 is 1.03 bits per heavy atom. The van der Waals surface area contributed by atoms with Gasteiger partial charge < -0.3 is 19.7 Å². The minimum absolute atomic E-state index is 0.0180. The molecular formula is C29H32N2O4. The molecule has 1 amide bonds. The second-order valence-electron chi connectivity index (χ2n) is 11.2. The summed E-state index contributed by atoms with van der Waals surface area (Å²) in [4.78, 5) is 24.4. The van der Waals surface area contributed by atoms with E-state index >= 15 is 0 Å². The molecule has 0 unspecified atom stereocenters. The molecule has 4 saturated carbocycles. The molecule has 7 rings (SSSR count). The monoisotopic (exact) mass is 472 g/mol. The van der Waals surface area contributed by atoms with Gasteiger partial charge in [-0.25, -0.2) is 4.79 Å². The molecule has 1 heterocycles. The normalized spacial score (nSPS) is 26.7. The molecule has 182 valence electrons. The van der Waals surface area contributed by atoms with Crippen LogP contribution in [0.4, 0.5) is 0 Å². The van der Waals surface area contributed by atoms with Crippen LogP contribution in [0, 0.1) is 23.2 Å². The van der Waals surface area contributed by atoms with Gasteiger partial charge in [0.2, 0.25) is 0 Å². The molecule has 6 heteroatoms. The van der Waals surface area contributed by atoms with Crippen LogP contribution in [0.5, 0.6) is 5.75 Å². The molecule has 4 aliphatic rings. The van der Waals surface area contributed by atoms with Crippen LogP contribution in [0.2, 0.25) is 0 Å². The molecule has 0 atom stereocenters. The molecule has 2 aromatic carbocycles. The van der Waals surface area contributed by atoms with Gasteiger partial charge in [0.1, 0.15) is 11.3 Å². The molecule has 4 fully saturated rings. The number of nitrogens with one attached hydrogen (secondary N) is 1. The van der Waals surface area contributed by atoms with Crippen LogP contribution in [-0.4, -0.2) is 35.2 Å². The molecule has 4 bridgehead atoms. The van der Waals surface area contributed by atoms with Crippen molar-refractivity contribution < 1.29 is 19.4 Å². The first-order valence-corrected chi connectivity index (χ1v) is 12.7. The first-order valence-electron chi connectivity index (χ1n) is 12.7. The number of nitrogens with zero attached hydrogens (tertiary/aromatic N) is 1. The first-order chi connectivity index (χ1) is 16.9. The van der Waals surface area contributed by atoms with Crippen molar-refractivity contribution >= 4 is 22.8 Å². The van der Waals surface area contributed by atoms with E-state index in [-0.39, 0.29) is 11.5 Å². The number of benzene rings is 2. The maximum absolute atomic E-state index is 13.1. The van der Waals surface area contributed by atoms with Crippen LogP contribution in [0.15, 0.2) is 48.7 Å². The molecule has 2 N–H and O–H groups in total. The lowest BCUT2D eigenvalue weighted by molar-refractivity contribution is -0.0503. The third-order valence-electron chi connectivity index (χ3n) is 8.67. The van der Waals surface area contributed by atoms with Gasteiger partial charge in [-0.2, -0.15) is 0 Å². The lowest BCUT2D eigenvalue weighted by Crippen LogP contribution is -2.51. The number of ether oxygens (including phenoxy) is 1. The van der Waals surface area contributed by atoms with Crippen LogP contribution in [0.25, 0.3) is 10.9 Å². The van der Waals surface area contributed by atoms with E-state index in [0.717, 1.165) is 40.8 Å². The molecule has 3 aromatic rings. The van der Waals surface area contributed by atoms with E-state index in [2.05, 4.69) is 9.88 Å². The fourth-order valence-electron chi connectivity index (χ4n) is 7.56. The van der Waals surface area contributed by atoms with Crippen LogP contribution in [0.3, 0.4) is 0 Å². The fraction of sp³-hybridized carbons (Fsp3) is 0.448. The lowest BCUT2D eigenvalue weighted by atomic mass is 9.49. The van der Waals surface area contributed by atoms with E-state index in [4.69, 9.17) is 4.74 Å². The molecule has 35 heavy (non-hydrogen) atoms. The van der Waals surface area contributed by atoms with E-state index in [1.807, 2.05) is 36.5 Å². The van der Waals surface area contributed by atoms with Crippen LogP contribution >= 0.6 is 0 Å². The molecule has 0 radical (unpaired) electrons. The van der Waals surface area contributed by atoms with Gasteiger partial charge in [-0.3, -0.25) is 4.79 Å². The van der Waals surface area contributed by atoms with Gasteiger partial charge in [0.05, 0.1) is 7.11 Å². The smallest absolute Gasteiger partial charge is 0.339 e. The van der Waals surface area contributed by atoms with Gasteiger partial charge in [-0.15, -0.1) is 0 Å². The topological polar surface area (TPSA) is 80.6 Å². The predicted octanol–water partition coefficient (Wildman–Crippen LogP) is 5.34. The highest BCUT2D eigenvalue weighted by atomic mass is 16.5. The summed E-state index contributed by atoms with van der Waals surface area (Å²) in [6.45, 7) is 1.39. The molecule has 4 aliphatic carbocycles. The average Bonchev–Trinajstić information content (AvgIpc) is 3.23. The summed E-state index contributed by atoms with van der Waals surface area (Å²) in [5.41, 5.74) is 3.16. The number of aromatic nitrogens is 1. The maximum Gasteiger partial charge on any atom is 0.339 e. The standard InChI is InChI=1S/C29H32N2O4/c1-35-26-11-18(2-4-24(26)28(33)34)16-31-7-6-22-12-23(3-5-25(22)31)27(32)30-17-29-13-19-8-20(14-29)10-21(9-19)15-29/h2-7,11-12,19-21H,8-10,13-17H2,1H3,(H,30,32)(H,33,34). The van der Waals surface area contributed by atoms with Crippen molar-refractivity contribution in [3.63, 3.8) is 0 Å². The zero-order valence-corrected chi connectivity index (χ0v) is 20.1. The number of carbonyl (C=O) groups excluding carboxylic acids is 1. The Labute approximate surface area is 205 Å². The van der Waals surface area contributed by atoms with Crippen molar-refractivity contribution in [2.24, 2.45) is 23.2 Å². The van der Waals surface area contributed by atoms with Gasteiger partial charge in [0, 0.05) is 35.8 Å². The van der Waals surface area contributed by atoms with Crippen molar-refractivity contribution in [3.05, 3.63) is 65.4 Å². The number of carbonyl (C=O) groups is 2. The summed E-state index contributed by atoms with van der Waals surface area (Å²) in [5.74, 6) is 2.02. The van der Waals surface area contributed by atoms with Gasteiger partial charge in [0.25, 0.3) is 5.91 Å². The summed E-state index contributed by atoms with van der Waals surface area (Å²) in [6.07, 6.45) is 10.1. The van der Waals surface area contributed by atoms with Gasteiger partial charge in [-0.1, -0.05) is 6.07 Å². The van der Waals surface area contributed by atoms with Crippen molar-refractivity contribution in [1.82, 2.24) is 9.88 Å². The number of hydrogen-bond donors (Lipinski definition) is 2. The van der Waals surface area contributed by atoms with E-state index < -0.39 is 5.97 Å². The Morgan fingerprint density at radius 2 is 1.74 bits per heavy atom. The van der Waals surface area contributed by atoms with Crippen LogP contribution < -0.4 is 10.1 Å². The summed E-state index contributed by atoms with van der Waals surface area (Å²) in [6, 6.07) is 13.0.